The lowest BCUT2D eigenvalue weighted by atomic mass is 10.1. The van der Waals surface area contributed by atoms with Crippen molar-refractivity contribution >= 4 is 11.5 Å². The fraction of sp³-hybridized carbons (Fsp3) is 0.267. The molecule has 1 fully saturated rings. The molecule has 21 heavy (non-hydrogen) atoms. The number of hydrogen-bond donors (Lipinski definition) is 1. The Balaban J connectivity index is 1.71. The van der Waals surface area contributed by atoms with Crippen LogP contribution in [0.2, 0.25) is 0 Å². The maximum absolute atomic E-state index is 13.8. The van der Waals surface area contributed by atoms with Crippen LogP contribution in [0.4, 0.5) is 10.2 Å². The van der Waals surface area contributed by atoms with Crippen molar-refractivity contribution in [1.82, 2.24) is 19.6 Å². The first-order valence-corrected chi connectivity index (χ1v) is 7.00. The minimum absolute atomic E-state index is 0.223. The van der Waals surface area contributed by atoms with Gasteiger partial charge in [0.2, 0.25) is 5.65 Å². The highest BCUT2D eigenvalue weighted by Gasteiger charge is 2.23. The molecule has 0 saturated heterocycles. The molecule has 2 heterocycles. The van der Waals surface area contributed by atoms with Gasteiger partial charge in [0.05, 0.1) is 0 Å². The standard InChI is InChI=1S/C15H14FN5/c16-12-4-2-1-3-10(12)9-13-19-20-15-14(18-11-5-6-11)17-7-8-21(13)15/h1-4,7-8,11H,5-6,9H2,(H,17,18). The molecule has 1 N–H and O–H groups in total. The Morgan fingerprint density at radius 3 is 2.90 bits per heavy atom. The molecule has 4 rings (SSSR count). The topological polar surface area (TPSA) is 55.1 Å². The van der Waals surface area contributed by atoms with Gasteiger partial charge in [-0.3, -0.25) is 4.40 Å². The number of benzene rings is 1. The molecule has 2 aromatic heterocycles. The molecule has 0 atom stereocenters. The fourth-order valence-electron chi connectivity index (χ4n) is 2.33. The van der Waals surface area contributed by atoms with Crippen LogP contribution in [0.1, 0.15) is 24.2 Å². The van der Waals surface area contributed by atoms with Gasteiger partial charge >= 0.3 is 0 Å². The highest BCUT2D eigenvalue weighted by atomic mass is 19.1. The number of rotatable bonds is 4. The lowest BCUT2D eigenvalue weighted by Crippen LogP contribution is -2.06. The summed E-state index contributed by atoms with van der Waals surface area (Å²) in [5, 5.41) is 11.7. The predicted molar refractivity (Wildman–Crippen MR) is 76.6 cm³/mol. The number of nitrogens with one attached hydrogen (secondary N) is 1. The number of nitrogens with zero attached hydrogens (tertiary/aromatic N) is 4. The molecule has 0 unspecified atom stereocenters. The van der Waals surface area contributed by atoms with Crippen molar-refractivity contribution in [2.75, 3.05) is 5.32 Å². The summed E-state index contributed by atoms with van der Waals surface area (Å²) in [6.45, 7) is 0. The van der Waals surface area contributed by atoms with E-state index < -0.39 is 0 Å². The molecule has 3 aromatic rings. The van der Waals surface area contributed by atoms with Crippen molar-refractivity contribution in [3.63, 3.8) is 0 Å². The van der Waals surface area contributed by atoms with Gasteiger partial charge in [0, 0.05) is 24.9 Å². The van der Waals surface area contributed by atoms with Crippen molar-refractivity contribution in [2.45, 2.75) is 25.3 Å². The monoisotopic (exact) mass is 283 g/mol. The summed E-state index contributed by atoms with van der Waals surface area (Å²) < 4.78 is 15.6. The molecule has 0 aliphatic heterocycles. The van der Waals surface area contributed by atoms with Gasteiger partial charge in [-0.2, -0.15) is 0 Å². The van der Waals surface area contributed by atoms with Crippen molar-refractivity contribution in [2.24, 2.45) is 0 Å². The fourth-order valence-corrected chi connectivity index (χ4v) is 2.33. The van der Waals surface area contributed by atoms with Crippen LogP contribution in [0, 0.1) is 5.82 Å². The molecule has 1 aliphatic carbocycles. The minimum atomic E-state index is -0.223. The zero-order chi connectivity index (χ0) is 14.2. The summed E-state index contributed by atoms with van der Waals surface area (Å²) in [5.74, 6) is 1.23. The van der Waals surface area contributed by atoms with E-state index in [4.69, 9.17) is 0 Å². The van der Waals surface area contributed by atoms with Gasteiger partial charge in [0.15, 0.2) is 5.82 Å². The van der Waals surface area contributed by atoms with Gasteiger partial charge < -0.3 is 5.32 Å². The maximum atomic E-state index is 13.8. The van der Waals surface area contributed by atoms with Crippen molar-refractivity contribution in [3.8, 4) is 0 Å². The van der Waals surface area contributed by atoms with E-state index in [0.717, 1.165) is 5.82 Å². The van der Waals surface area contributed by atoms with Crippen molar-refractivity contribution < 1.29 is 4.39 Å². The highest BCUT2D eigenvalue weighted by molar-refractivity contribution is 5.63. The van der Waals surface area contributed by atoms with Gasteiger partial charge in [-0.1, -0.05) is 18.2 Å². The van der Waals surface area contributed by atoms with E-state index in [0.29, 0.717) is 29.5 Å². The first kappa shape index (κ1) is 12.3. The third-order valence-electron chi connectivity index (χ3n) is 3.62. The summed E-state index contributed by atoms with van der Waals surface area (Å²) >= 11 is 0. The van der Waals surface area contributed by atoms with E-state index in [1.54, 1.807) is 18.3 Å². The van der Waals surface area contributed by atoms with Crippen molar-refractivity contribution in [3.05, 3.63) is 53.9 Å². The Hall–Kier alpha value is -2.50. The summed E-state index contributed by atoms with van der Waals surface area (Å²) in [7, 11) is 0. The Morgan fingerprint density at radius 2 is 2.10 bits per heavy atom. The molecule has 0 radical (unpaired) electrons. The second kappa shape index (κ2) is 4.80. The number of anilines is 1. The van der Waals surface area contributed by atoms with Crippen LogP contribution in [0.3, 0.4) is 0 Å². The Kier molecular flexibility index (Phi) is 2.80. The molecule has 1 aromatic carbocycles. The maximum Gasteiger partial charge on any atom is 0.203 e. The third kappa shape index (κ3) is 2.33. The van der Waals surface area contributed by atoms with Gasteiger partial charge in [-0.15, -0.1) is 10.2 Å². The number of halogens is 1. The van der Waals surface area contributed by atoms with Crippen LogP contribution in [-0.4, -0.2) is 25.6 Å². The quantitative estimate of drug-likeness (QED) is 0.799. The first-order valence-electron chi connectivity index (χ1n) is 7.00. The molecule has 106 valence electrons. The first-order chi connectivity index (χ1) is 10.3. The Labute approximate surface area is 120 Å². The summed E-state index contributed by atoms with van der Waals surface area (Å²) in [6.07, 6.45) is 6.26. The molecule has 0 amide bonds. The second-order valence-corrected chi connectivity index (χ2v) is 5.27. The van der Waals surface area contributed by atoms with Crippen LogP contribution < -0.4 is 5.32 Å². The van der Waals surface area contributed by atoms with Crippen LogP contribution in [0.5, 0.6) is 0 Å². The van der Waals surface area contributed by atoms with E-state index >= 15 is 0 Å². The second-order valence-electron chi connectivity index (χ2n) is 5.27. The summed E-state index contributed by atoms with van der Waals surface area (Å²) in [6, 6.07) is 7.22. The van der Waals surface area contributed by atoms with Gasteiger partial charge in [-0.25, -0.2) is 9.37 Å². The van der Waals surface area contributed by atoms with E-state index in [1.807, 2.05) is 16.7 Å². The molecule has 5 nitrogen and oxygen atoms in total. The SMILES string of the molecule is Fc1ccccc1Cc1nnc2c(NC3CC3)nccn12. The lowest BCUT2D eigenvalue weighted by Gasteiger charge is -2.05. The zero-order valence-electron chi connectivity index (χ0n) is 11.3. The minimum Gasteiger partial charge on any atom is -0.364 e. The molecule has 6 heteroatoms. The number of aromatic nitrogens is 4. The average molecular weight is 283 g/mol. The summed E-state index contributed by atoms with van der Waals surface area (Å²) in [4.78, 5) is 4.32. The molecular formula is C15H14FN5. The van der Waals surface area contributed by atoms with Crippen LogP contribution in [0.25, 0.3) is 5.65 Å². The largest absolute Gasteiger partial charge is 0.364 e. The predicted octanol–water partition coefficient (Wildman–Crippen LogP) is 2.43. The molecule has 1 saturated carbocycles. The van der Waals surface area contributed by atoms with E-state index in [-0.39, 0.29) is 5.82 Å². The number of hydrogen-bond acceptors (Lipinski definition) is 4. The molecule has 0 spiro atoms. The average Bonchev–Trinajstić information content (AvgIpc) is 3.21. The van der Waals surface area contributed by atoms with Gasteiger partial charge in [0.25, 0.3) is 0 Å². The highest BCUT2D eigenvalue weighted by Crippen LogP contribution is 2.25. The van der Waals surface area contributed by atoms with Gasteiger partial charge in [-0.05, 0) is 24.5 Å². The van der Waals surface area contributed by atoms with Crippen LogP contribution >= 0.6 is 0 Å². The van der Waals surface area contributed by atoms with E-state index in [9.17, 15) is 4.39 Å². The number of fused-ring (bicyclic) bond motifs is 1. The van der Waals surface area contributed by atoms with Crippen LogP contribution in [0.15, 0.2) is 36.7 Å². The molecule has 1 aliphatic rings. The third-order valence-corrected chi connectivity index (χ3v) is 3.62. The van der Waals surface area contributed by atoms with Gasteiger partial charge in [0.1, 0.15) is 11.6 Å². The normalized spacial score (nSPS) is 14.5. The zero-order valence-corrected chi connectivity index (χ0v) is 11.3. The molecule has 0 bridgehead atoms. The summed E-state index contributed by atoms with van der Waals surface area (Å²) in [5.41, 5.74) is 1.30. The van der Waals surface area contributed by atoms with E-state index in [2.05, 4.69) is 20.5 Å². The Morgan fingerprint density at radius 1 is 1.24 bits per heavy atom. The van der Waals surface area contributed by atoms with E-state index in [1.165, 1.54) is 18.9 Å². The lowest BCUT2D eigenvalue weighted by molar-refractivity contribution is 0.611. The van der Waals surface area contributed by atoms with Crippen molar-refractivity contribution in [1.29, 1.82) is 0 Å². The Bertz CT molecular complexity index is 794. The molecular weight excluding hydrogens is 269 g/mol. The van der Waals surface area contributed by atoms with Crippen LogP contribution in [-0.2, 0) is 6.42 Å². The smallest absolute Gasteiger partial charge is 0.203 e.